The average molecular weight is 277 g/mol. The van der Waals surface area contributed by atoms with E-state index in [1.807, 2.05) is 60.7 Å². The Morgan fingerprint density at radius 2 is 0.900 bits per heavy atom. The van der Waals surface area contributed by atoms with Crippen LogP contribution in [0.1, 0.15) is 0 Å². The molecule has 3 rings (SSSR count). The number of rotatable bonds is 3. The largest absolute Gasteiger partial charge is 0.457 e. The second-order valence-electron chi connectivity index (χ2n) is 4.31. The van der Waals surface area contributed by atoms with E-state index in [-0.39, 0.29) is 9.90 Å². The number of benzene rings is 3. The zero-order chi connectivity index (χ0) is 12.9. The second-order valence-corrected chi connectivity index (χ2v) is 4.31. The summed E-state index contributed by atoms with van der Waals surface area (Å²) in [6.45, 7) is 0. The highest BCUT2D eigenvalue weighted by Crippen LogP contribution is 2.25. The topological polar surface area (TPSA) is 9.23 Å². The first-order chi connectivity index (χ1) is 9.42. The lowest BCUT2D eigenvalue weighted by atomic mass is 10.1. The van der Waals surface area contributed by atoms with Crippen molar-refractivity contribution in [2.75, 3.05) is 0 Å². The van der Waals surface area contributed by atoms with Crippen molar-refractivity contribution in [2.24, 2.45) is 0 Å². The molecular weight excluding hydrogens is 263 g/mol. The van der Waals surface area contributed by atoms with Gasteiger partial charge in [0.15, 0.2) is 0 Å². The molecule has 0 unspecified atom stereocenters. The van der Waals surface area contributed by atoms with Crippen LogP contribution in [0.15, 0.2) is 84.9 Å². The van der Waals surface area contributed by atoms with Crippen molar-refractivity contribution in [2.45, 2.75) is 0 Å². The van der Waals surface area contributed by atoms with E-state index in [4.69, 9.17) is 4.74 Å². The van der Waals surface area contributed by atoms with Crippen molar-refractivity contribution in [3.05, 3.63) is 84.9 Å². The Morgan fingerprint density at radius 3 is 1.50 bits per heavy atom. The molecule has 0 N–H and O–H groups in total. The zero-order valence-electron chi connectivity index (χ0n) is 10.9. The lowest BCUT2D eigenvalue weighted by Gasteiger charge is -2.06. The van der Waals surface area contributed by atoms with Crippen LogP contribution in [0.3, 0.4) is 0 Å². The lowest BCUT2D eigenvalue weighted by Crippen LogP contribution is -1.83. The fourth-order valence-electron chi connectivity index (χ4n) is 1.97. The van der Waals surface area contributed by atoms with Gasteiger partial charge in [0, 0.05) is 9.90 Å². The van der Waals surface area contributed by atoms with Crippen molar-refractivity contribution >= 4 is 9.90 Å². The van der Waals surface area contributed by atoms with Gasteiger partial charge in [-0.3, -0.25) is 0 Å². The van der Waals surface area contributed by atoms with E-state index in [9.17, 15) is 0 Å². The Hall–Kier alpha value is -2.11. The van der Waals surface area contributed by atoms with Gasteiger partial charge in [-0.05, 0) is 35.4 Å². The molecule has 20 heavy (non-hydrogen) atoms. The van der Waals surface area contributed by atoms with Crippen molar-refractivity contribution < 1.29 is 4.74 Å². The van der Waals surface area contributed by atoms with Crippen LogP contribution in [0.5, 0.6) is 11.5 Å². The van der Waals surface area contributed by atoms with Crippen LogP contribution < -0.4 is 4.74 Å². The molecule has 0 heterocycles. The van der Waals surface area contributed by atoms with Gasteiger partial charge in [0.2, 0.25) is 0 Å². The molecule has 1 nitrogen and oxygen atoms in total. The fourth-order valence-corrected chi connectivity index (χ4v) is 1.97. The summed E-state index contributed by atoms with van der Waals surface area (Å²) in [4.78, 5) is 0. The number of hydrogen-bond acceptors (Lipinski definition) is 1. The quantitative estimate of drug-likeness (QED) is 0.533. The number of para-hydroxylation sites is 1. The highest BCUT2D eigenvalue weighted by Gasteiger charge is 1.99. The molecule has 0 aliphatic carbocycles. The molecule has 3 radical (unpaired) electrons. The highest BCUT2D eigenvalue weighted by molar-refractivity contribution is 6.92. The van der Waals surface area contributed by atoms with E-state index >= 15 is 0 Å². The van der Waals surface area contributed by atoms with Gasteiger partial charge >= 0.3 is 0 Å². The molecule has 0 spiro atoms. The minimum Gasteiger partial charge on any atom is -0.457 e. The summed E-state index contributed by atoms with van der Waals surface area (Å²) in [5.74, 6) is 1.71. The van der Waals surface area contributed by atoms with Crippen LogP contribution in [0, 0.1) is 0 Å². The number of ether oxygens (including phenoxy) is 1. The molecule has 0 aliphatic heterocycles. The molecule has 97 valence electrons. The Morgan fingerprint density at radius 1 is 0.450 bits per heavy atom. The Kier molecular flexibility index (Phi) is 4.92. The molecule has 0 saturated carbocycles. The third kappa shape index (κ3) is 3.46. The third-order valence-electron chi connectivity index (χ3n) is 2.94. The van der Waals surface area contributed by atoms with Crippen molar-refractivity contribution in [1.29, 1.82) is 0 Å². The molecule has 0 aliphatic rings. The first kappa shape index (κ1) is 14.3. The van der Waals surface area contributed by atoms with E-state index < -0.39 is 0 Å². The minimum absolute atomic E-state index is 0. The maximum atomic E-state index is 5.77. The molecule has 0 saturated heterocycles. The minimum atomic E-state index is 0. The molecule has 3 aromatic rings. The molecule has 3 aromatic carbocycles. The van der Waals surface area contributed by atoms with Crippen molar-refractivity contribution in [3.63, 3.8) is 0 Å². The third-order valence-corrected chi connectivity index (χ3v) is 2.94. The van der Waals surface area contributed by atoms with E-state index in [0.29, 0.717) is 0 Å². The van der Waals surface area contributed by atoms with E-state index in [0.717, 1.165) is 11.5 Å². The molecule has 0 fully saturated rings. The van der Waals surface area contributed by atoms with Crippen LogP contribution in [0.2, 0.25) is 0 Å². The molecular formula is C18H14OP. The number of hydrogen-bond donors (Lipinski definition) is 0. The Bertz CT molecular complexity index is 633. The van der Waals surface area contributed by atoms with Crippen molar-refractivity contribution in [3.8, 4) is 22.6 Å². The smallest absolute Gasteiger partial charge is 0.127 e. The summed E-state index contributed by atoms with van der Waals surface area (Å²) >= 11 is 0. The van der Waals surface area contributed by atoms with Crippen LogP contribution in [-0.2, 0) is 0 Å². The van der Waals surface area contributed by atoms with E-state index in [1.165, 1.54) is 11.1 Å². The molecule has 0 atom stereocenters. The van der Waals surface area contributed by atoms with Gasteiger partial charge < -0.3 is 4.74 Å². The van der Waals surface area contributed by atoms with Gasteiger partial charge in [0.25, 0.3) is 0 Å². The van der Waals surface area contributed by atoms with Crippen LogP contribution in [-0.4, -0.2) is 0 Å². The predicted molar refractivity (Wildman–Crippen MR) is 85.3 cm³/mol. The monoisotopic (exact) mass is 277 g/mol. The molecule has 0 amide bonds. The van der Waals surface area contributed by atoms with Crippen LogP contribution in [0.4, 0.5) is 0 Å². The van der Waals surface area contributed by atoms with Gasteiger partial charge in [-0.1, -0.05) is 60.7 Å². The summed E-state index contributed by atoms with van der Waals surface area (Å²) < 4.78 is 5.77. The maximum absolute atomic E-state index is 5.77. The fraction of sp³-hybridized carbons (Fsp3) is 0. The summed E-state index contributed by atoms with van der Waals surface area (Å²) in [5, 5.41) is 0. The van der Waals surface area contributed by atoms with Gasteiger partial charge in [0.1, 0.15) is 11.5 Å². The maximum Gasteiger partial charge on any atom is 0.127 e. The summed E-state index contributed by atoms with van der Waals surface area (Å²) in [7, 11) is 0. The first-order valence-corrected chi connectivity index (χ1v) is 6.30. The van der Waals surface area contributed by atoms with E-state index in [1.54, 1.807) is 0 Å². The predicted octanol–water partition coefficient (Wildman–Crippen LogP) is 6.01. The van der Waals surface area contributed by atoms with E-state index in [2.05, 4.69) is 24.3 Å². The van der Waals surface area contributed by atoms with Gasteiger partial charge in [0.05, 0.1) is 0 Å². The van der Waals surface area contributed by atoms with Crippen molar-refractivity contribution in [1.82, 2.24) is 0 Å². The summed E-state index contributed by atoms with van der Waals surface area (Å²) in [6.07, 6.45) is 0. The standard InChI is InChI=1S/C18H14O.P/c1-3-7-15(8-4-1)16-11-13-18(14-12-16)19-17-9-5-2-6-10-17;/h1-14H;. The van der Waals surface area contributed by atoms with Crippen LogP contribution in [0.25, 0.3) is 11.1 Å². The summed E-state index contributed by atoms with van der Waals surface area (Å²) in [5.41, 5.74) is 2.41. The van der Waals surface area contributed by atoms with Gasteiger partial charge in [-0.2, -0.15) is 0 Å². The lowest BCUT2D eigenvalue weighted by molar-refractivity contribution is 0.483. The highest BCUT2D eigenvalue weighted by atomic mass is 31.0. The van der Waals surface area contributed by atoms with Gasteiger partial charge in [-0.15, -0.1) is 0 Å². The van der Waals surface area contributed by atoms with Crippen LogP contribution >= 0.6 is 9.90 Å². The normalized spacial score (nSPS) is 9.60. The molecule has 0 aromatic heterocycles. The second kappa shape index (κ2) is 6.88. The first-order valence-electron chi connectivity index (χ1n) is 6.30. The average Bonchev–Trinajstić information content (AvgIpc) is 2.50. The molecule has 0 bridgehead atoms. The zero-order valence-corrected chi connectivity index (χ0v) is 11.8. The van der Waals surface area contributed by atoms with Gasteiger partial charge in [-0.25, -0.2) is 0 Å². The SMILES string of the molecule is [P].c1ccc(Oc2ccc(-c3ccccc3)cc2)cc1. The Labute approximate surface area is 122 Å². The summed E-state index contributed by atoms with van der Waals surface area (Å²) in [6, 6.07) is 28.3. The molecule has 2 heteroatoms. The Balaban J connectivity index is 0.00000147.